The third-order valence-electron chi connectivity index (χ3n) is 1.87. The number of nitrogens with two attached hydrogens (primary N) is 2. The maximum atomic E-state index is 10.8. The Morgan fingerprint density at radius 2 is 1.38 bits per heavy atom. The molecule has 0 aromatic carbocycles. The van der Waals surface area contributed by atoms with E-state index >= 15 is 0 Å². The van der Waals surface area contributed by atoms with Crippen molar-refractivity contribution in [1.82, 2.24) is 0 Å². The minimum atomic E-state index is -0.328. The fourth-order valence-corrected chi connectivity index (χ4v) is 2.84. The molecular formula is C9H16N2O2S3. The standard InChI is InChI=1S/C9H16N2O2S3/c1-5(7(10)12)3-15-9(14)16-4-6(2)8(11)13/h5-6H,3-4H2,1-2H3,(H2,10,12)(H2,11,13). The second-order valence-corrected chi connectivity index (χ2v) is 6.72. The van der Waals surface area contributed by atoms with Crippen LogP contribution in [0.2, 0.25) is 0 Å². The molecule has 0 aliphatic carbocycles. The van der Waals surface area contributed by atoms with Gasteiger partial charge in [-0.1, -0.05) is 26.1 Å². The molecular weight excluding hydrogens is 264 g/mol. The summed E-state index contributed by atoms with van der Waals surface area (Å²) in [6.07, 6.45) is 0. The number of hydrogen-bond donors (Lipinski definition) is 2. The van der Waals surface area contributed by atoms with Crippen molar-refractivity contribution in [3.8, 4) is 0 Å². The van der Waals surface area contributed by atoms with Crippen LogP contribution in [0.25, 0.3) is 0 Å². The molecule has 0 aromatic heterocycles. The van der Waals surface area contributed by atoms with E-state index in [9.17, 15) is 9.59 Å². The Bertz CT molecular complexity index is 258. The zero-order valence-electron chi connectivity index (χ0n) is 9.26. The van der Waals surface area contributed by atoms with Crippen LogP contribution in [0.3, 0.4) is 0 Å². The maximum Gasteiger partial charge on any atom is 0.221 e. The molecule has 0 saturated carbocycles. The van der Waals surface area contributed by atoms with E-state index < -0.39 is 0 Å². The first-order chi connectivity index (χ1) is 7.34. The van der Waals surface area contributed by atoms with Crippen molar-refractivity contribution in [1.29, 1.82) is 0 Å². The molecule has 0 spiro atoms. The van der Waals surface area contributed by atoms with Gasteiger partial charge >= 0.3 is 0 Å². The second-order valence-electron chi connectivity index (χ2n) is 3.48. The number of carbonyl (C=O) groups is 2. The first kappa shape index (κ1) is 15.7. The molecule has 4 nitrogen and oxygen atoms in total. The zero-order chi connectivity index (χ0) is 12.7. The predicted octanol–water partition coefficient (Wildman–Crippen LogP) is 0.980. The third kappa shape index (κ3) is 7.08. The number of thiocarbonyl (C=S) groups is 1. The number of thioether (sulfide) groups is 2. The van der Waals surface area contributed by atoms with Crippen LogP contribution in [0.15, 0.2) is 0 Å². The Balaban J connectivity index is 3.75. The Kier molecular flexibility index (Phi) is 7.78. The van der Waals surface area contributed by atoms with E-state index in [0.717, 1.165) is 0 Å². The molecule has 0 aliphatic rings. The fourth-order valence-electron chi connectivity index (χ4n) is 0.592. The topological polar surface area (TPSA) is 86.2 Å². The monoisotopic (exact) mass is 280 g/mol. The highest BCUT2D eigenvalue weighted by atomic mass is 32.2. The third-order valence-corrected chi connectivity index (χ3v) is 5.09. The molecule has 4 N–H and O–H groups in total. The van der Waals surface area contributed by atoms with Gasteiger partial charge in [0.2, 0.25) is 11.8 Å². The lowest BCUT2D eigenvalue weighted by atomic mass is 10.2. The molecule has 0 aliphatic heterocycles. The summed E-state index contributed by atoms with van der Waals surface area (Å²) >= 11 is 7.90. The van der Waals surface area contributed by atoms with Crippen LogP contribution in [0.1, 0.15) is 13.8 Å². The lowest BCUT2D eigenvalue weighted by Crippen LogP contribution is -2.23. The molecule has 7 heteroatoms. The number of primary amides is 2. The van der Waals surface area contributed by atoms with E-state index in [4.69, 9.17) is 23.7 Å². The Morgan fingerprint density at radius 3 is 1.62 bits per heavy atom. The largest absolute Gasteiger partial charge is 0.369 e. The number of amides is 2. The molecule has 16 heavy (non-hydrogen) atoms. The summed E-state index contributed by atoms with van der Waals surface area (Å²) in [4.78, 5) is 21.5. The molecule has 0 rings (SSSR count). The van der Waals surface area contributed by atoms with Crippen LogP contribution in [0, 0.1) is 11.8 Å². The van der Waals surface area contributed by atoms with Crippen LogP contribution in [-0.4, -0.2) is 26.8 Å². The Hall–Kier alpha value is -0.270. The van der Waals surface area contributed by atoms with Crippen molar-refractivity contribution in [3.05, 3.63) is 0 Å². The molecule has 0 saturated heterocycles. The normalized spacial score (nSPS) is 14.1. The van der Waals surface area contributed by atoms with E-state index in [-0.39, 0.29) is 23.7 Å². The van der Waals surface area contributed by atoms with Crippen LogP contribution >= 0.6 is 35.7 Å². The minimum Gasteiger partial charge on any atom is -0.369 e. The summed E-state index contributed by atoms with van der Waals surface area (Å²) in [5.74, 6) is 0.101. The van der Waals surface area contributed by atoms with Gasteiger partial charge in [-0.15, -0.1) is 23.5 Å². The minimum absolute atomic E-state index is 0.197. The maximum absolute atomic E-state index is 10.8. The highest BCUT2D eigenvalue weighted by Crippen LogP contribution is 2.21. The van der Waals surface area contributed by atoms with Gasteiger partial charge in [-0.2, -0.15) is 0 Å². The van der Waals surface area contributed by atoms with E-state index in [1.807, 2.05) is 0 Å². The molecule has 0 heterocycles. The van der Waals surface area contributed by atoms with Crippen molar-refractivity contribution in [2.75, 3.05) is 11.5 Å². The van der Waals surface area contributed by atoms with Crippen molar-refractivity contribution >= 4 is 51.1 Å². The van der Waals surface area contributed by atoms with Gasteiger partial charge in [-0.3, -0.25) is 9.59 Å². The summed E-state index contributed by atoms with van der Waals surface area (Å²) in [7, 11) is 0. The van der Waals surface area contributed by atoms with E-state index in [1.54, 1.807) is 13.8 Å². The van der Waals surface area contributed by atoms with Crippen LogP contribution in [-0.2, 0) is 9.59 Å². The quantitative estimate of drug-likeness (QED) is 0.708. The lowest BCUT2D eigenvalue weighted by Gasteiger charge is -2.09. The number of carbonyl (C=O) groups excluding carboxylic acids is 2. The van der Waals surface area contributed by atoms with Gasteiger partial charge in [-0.25, -0.2) is 0 Å². The summed E-state index contributed by atoms with van der Waals surface area (Å²) in [6.45, 7) is 3.52. The molecule has 92 valence electrons. The molecule has 0 fully saturated rings. The van der Waals surface area contributed by atoms with Gasteiger partial charge in [0, 0.05) is 23.3 Å². The highest BCUT2D eigenvalue weighted by Gasteiger charge is 2.13. The SMILES string of the molecule is CC(CSC(=S)SCC(C)C(N)=O)C(N)=O. The van der Waals surface area contributed by atoms with E-state index in [1.165, 1.54) is 23.5 Å². The summed E-state index contributed by atoms with van der Waals surface area (Å²) in [5, 5.41) is 0. The summed E-state index contributed by atoms with van der Waals surface area (Å²) < 4.78 is 0.709. The average molecular weight is 280 g/mol. The first-order valence-corrected chi connectivity index (χ1v) is 7.10. The van der Waals surface area contributed by atoms with Gasteiger partial charge in [0.25, 0.3) is 0 Å². The van der Waals surface area contributed by atoms with E-state index in [2.05, 4.69) is 0 Å². The second kappa shape index (κ2) is 7.92. The predicted molar refractivity (Wildman–Crippen MR) is 74.2 cm³/mol. The van der Waals surface area contributed by atoms with Crippen molar-refractivity contribution in [3.63, 3.8) is 0 Å². The van der Waals surface area contributed by atoms with Crippen LogP contribution < -0.4 is 11.5 Å². The lowest BCUT2D eigenvalue weighted by molar-refractivity contribution is -0.121. The summed E-state index contributed by atoms with van der Waals surface area (Å²) in [6, 6.07) is 0. The van der Waals surface area contributed by atoms with Crippen LogP contribution in [0.4, 0.5) is 0 Å². The summed E-state index contributed by atoms with van der Waals surface area (Å²) in [5.41, 5.74) is 10.2. The van der Waals surface area contributed by atoms with Gasteiger partial charge < -0.3 is 11.5 Å². The van der Waals surface area contributed by atoms with Gasteiger partial charge in [-0.05, 0) is 0 Å². The number of hydrogen-bond acceptors (Lipinski definition) is 5. The number of rotatable bonds is 6. The van der Waals surface area contributed by atoms with Crippen molar-refractivity contribution < 1.29 is 9.59 Å². The van der Waals surface area contributed by atoms with Gasteiger partial charge in [0.05, 0.1) is 0 Å². The average Bonchev–Trinajstić information content (AvgIpc) is 2.21. The molecule has 0 bridgehead atoms. The van der Waals surface area contributed by atoms with Gasteiger partial charge in [0.15, 0.2) is 0 Å². The molecule has 2 amide bonds. The Morgan fingerprint density at radius 1 is 1.06 bits per heavy atom. The van der Waals surface area contributed by atoms with Crippen molar-refractivity contribution in [2.24, 2.45) is 23.3 Å². The van der Waals surface area contributed by atoms with Gasteiger partial charge in [0.1, 0.15) is 3.53 Å². The molecule has 2 unspecified atom stereocenters. The molecule has 0 aromatic rings. The fraction of sp³-hybridized carbons (Fsp3) is 0.667. The zero-order valence-corrected chi connectivity index (χ0v) is 11.7. The highest BCUT2D eigenvalue weighted by molar-refractivity contribution is 8.47. The van der Waals surface area contributed by atoms with Crippen LogP contribution in [0.5, 0.6) is 0 Å². The molecule has 2 atom stereocenters. The smallest absolute Gasteiger partial charge is 0.221 e. The first-order valence-electron chi connectivity index (χ1n) is 4.72. The molecule has 0 radical (unpaired) electrons. The van der Waals surface area contributed by atoms with Crippen molar-refractivity contribution in [2.45, 2.75) is 13.8 Å². The Labute approximate surface area is 109 Å². The van der Waals surface area contributed by atoms with E-state index in [0.29, 0.717) is 15.0 Å².